The van der Waals surface area contributed by atoms with Gasteiger partial charge in [0.25, 0.3) is 5.91 Å². The van der Waals surface area contributed by atoms with Crippen LogP contribution in [-0.2, 0) is 16.1 Å². The Balaban J connectivity index is 1.85. The molecule has 0 bridgehead atoms. The fourth-order valence-corrected chi connectivity index (χ4v) is 1.84. The van der Waals surface area contributed by atoms with Crippen molar-refractivity contribution in [3.8, 4) is 5.75 Å². The van der Waals surface area contributed by atoms with E-state index in [1.165, 1.54) is 6.07 Å². The van der Waals surface area contributed by atoms with E-state index in [2.05, 4.69) is 0 Å². The lowest BCUT2D eigenvalue weighted by molar-refractivity contribution is -0.147. The molecule has 2 aromatic carbocycles. The number of benzene rings is 2. The zero-order chi connectivity index (χ0) is 15.9. The maximum absolute atomic E-state index is 11.6. The number of rotatable bonds is 6. The Bertz CT molecular complexity index is 670. The topological polar surface area (TPSA) is 78.6 Å². The molecule has 0 atom stereocenters. The highest BCUT2D eigenvalue weighted by molar-refractivity contribution is 6.30. The van der Waals surface area contributed by atoms with Crippen LogP contribution in [-0.4, -0.2) is 18.5 Å². The van der Waals surface area contributed by atoms with Crippen molar-refractivity contribution in [2.45, 2.75) is 6.61 Å². The minimum Gasteiger partial charge on any atom is -0.481 e. The molecule has 0 spiro atoms. The van der Waals surface area contributed by atoms with Crippen molar-refractivity contribution in [2.75, 3.05) is 6.61 Å². The van der Waals surface area contributed by atoms with E-state index in [9.17, 15) is 9.59 Å². The summed E-state index contributed by atoms with van der Waals surface area (Å²) >= 11 is 5.77. The summed E-state index contributed by atoms with van der Waals surface area (Å²) in [6, 6.07) is 13.4. The monoisotopic (exact) mass is 319 g/mol. The number of nitrogens with two attached hydrogens (primary N) is 1. The van der Waals surface area contributed by atoms with E-state index in [1.807, 2.05) is 0 Å². The number of carbonyl (C=O) groups is 2. The van der Waals surface area contributed by atoms with Crippen LogP contribution in [0, 0.1) is 0 Å². The molecule has 1 amide bonds. The van der Waals surface area contributed by atoms with Crippen LogP contribution >= 0.6 is 11.6 Å². The summed E-state index contributed by atoms with van der Waals surface area (Å²) in [5.41, 5.74) is 6.25. The van der Waals surface area contributed by atoms with Crippen LogP contribution in [0.5, 0.6) is 5.75 Å². The highest BCUT2D eigenvalue weighted by Gasteiger charge is 2.11. The average Bonchev–Trinajstić information content (AvgIpc) is 2.52. The van der Waals surface area contributed by atoms with Crippen LogP contribution in [0.25, 0.3) is 0 Å². The second-order valence-corrected chi connectivity index (χ2v) is 4.87. The van der Waals surface area contributed by atoms with Crippen molar-refractivity contribution in [2.24, 2.45) is 5.73 Å². The predicted octanol–water partition coefficient (Wildman–Crippen LogP) is 2.56. The van der Waals surface area contributed by atoms with E-state index in [0.717, 1.165) is 5.56 Å². The second-order valence-electron chi connectivity index (χ2n) is 4.44. The Morgan fingerprint density at radius 2 is 1.73 bits per heavy atom. The fraction of sp³-hybridized carbons (Fsp3) is 0.125. The molecule has 2 rings (SSSR count). The fourth-order valence-electron chi connectivity index (χ4n) is 1.72. The highest BCUT2D eigenvalue weighted by atomic mass is 35.5. The molecule has 0 heterocycles. The molecule has 0 radical (unpaired) electrons. The van der Waals surface area contributed by atoms with Crippen molar-refractivity contribution in [3.63, 3.8) is 0 Å². The van der Waals surface area contributed by atoms with E-state index in [4.69, 9.17) is 26.8 Å². The van der Waals surface area contributed by atoms with Crippen LogP contribution in [0.15, 0.2) is 48.5 Å². The Morgan fingerprint density at radius 1 is 1.05 bits per heavy atom. The molecule has 0 aromatic heterocycles. The molecule has 0 saturated heterocycles. The van der Waals surface area contributed by atoms with E-state index >= 15 is 0 Å². The smallest absolute Gasteiger partial charge is 0.344 e. The lowest BCUT2D eigenvalue weighted by atomic mass is 10.2. The van der Waals surface area contributed by atoms with Gasteiger partial charge >= 0.3 is 5.97 Å². The van der Waals surface area contributed by atoms with Crippen LogP contribution in [0.2, 0.25) is 5.02 Å². The molecule has 0 fully saturated rings. The number of hydrogen-bond donors (Lipinski definition) is 1. The molecule has 5 nitrogen and oxygen atoms in total. The molecular weight excluding hydrogens is 306 g/mol. The lowest BCUT2D eigenvalue weighted by Gasteiger charge is -2.09. The molecule has 114 valence electrons. The molecule has 0 saturated carbocycles. The number of para-hydroxylation sites is 1. The van der Waals surface area contributed by atoms with Gasteiger partial charge in [-0.05, 0) is 29.8 Å². The maximum atomic E-state index is 11.6. The first-order valence-electron chi connectivity index (χ1n) is 6.48. The van der Waals surface area contributed by atoms with Crippen LogP contribution < -0.4 is 10.5 Å². The molecule has 2 N–H and O–H groups in total. The first kappa shape index (κ1) is 15.9. The third kappa shape index (κ3) is 4.49. The number of halogens is 1. The molecule has 2 aromatic rings. The van der Waals surface area contributed by atoms with Gasteiger partial charge in [-0.2, -0.15) is 0 Å². The zero-order valence-electron chi connectivity index (χ0n) is 11.6. The summed E-state index contributed by atoms with van der Waals surface area (Å²) in [6.07, 6.45) is 0. The number of ether oxygens (including phenoxy) is 2. The SMILES string of the molecule is NC(=O)c1ccccc1OCC(=O)OCc1ccc(Cl)cc1. The molecular formula is C16H14ClNO4. The van der Waals surface area contributed by atoms with Crippen LogP contribution in [0.4, 0.5) is 0 Å². The molecule has 0 aliphatic carbocycles. The van der Waals surface area contributed by atoms with E-state index in [-0.39, 0.29) is 24.5 Å². The second kappa shape index (κ2) is 7.47. The highest BCUT2D eigenvalue weighted by Crippen LogP contribution is 2.17. The van der Waals surface area contributed by atoms with E-state index in [0.29, 0.717) is 5.02 Å². The summed E-state index contributed by atoms with van der Waals surface area (Å²) in [5.74, 6) is -0.919. The van der Waals surface area contributed by atoms with Gasteiger partial charge in [-0.3, -0.25) is 4.79 Å². The van der Waals surface area contributed by atoms with Crippen LogP contribution in [0.3, 0.4) is 0 Å². The van der Waals surface area contributed by atoms with Crippen molar-refractivity contribution >= 4 is 23.5 Å². The predicted molar refractivity (Wildman–Crippen MR) is 81.7 cm³/mol. The first-order chi connectivity index (χ1) is 10.6. The summed E-state index contributed by atoms with van der Waals surface area (Å²) < 4.78 is 10.3. The van der Waals surface area contributed by atoms with Crippen LogP contribution in [0.1, 0.15) is 15.9 Å². The lowest BCUT2D eigenvalue weighted by Crippen LogP contribution is -2.18. The molecule has 0 aliphatic rings. The number of primary amides is 1. The van der Waals surface area contributed by atoms with Gasteiger partial charge in [-0.15, -0.1) is 0 Å². The van der Waals surface area contributed by atoms with E-state index in [1.54, 1.807) is 42.5 Å². The standard InChI is InChI=1S/C16H14ClNO4/c17-12-7-5-11(6-8-12)9-22-15(19)10-21-14-4-2-1-3-13(14)16(18)20/h1-8H,9-10H2,(H2,18,20). The normalized spacial score (nSPS) is 10.0. The third-order valence-corrected chi connectivity index (χ3v) is 3.06. The molecule has 22 heavy (non-hydrogen) atoms. The van der Waals surface area contributed by atoms with Crippen molar-refractivity contribution in [3.05, 3.63) is 64.7 Å². The molecule has 0 unspecified atom stereocenters. The minimum atomic E-state index is -0.620. The minimum absolute atomic E-state index is 0.122. The van der Waals surface area contributed by atoms with Gasteiger partial charge in [0.15, 0.2) is 6.61 Å². The Hall–Kier alpha value is -2.53. The van der Waals surface area contributed by atoms with Crippen molar-refractivity contribution in [1.82, 2.24) is 0 Å². The summed E-state index contributed by atoms with van der Waals surface area (Å²) in [6.45, 7) is -0.186. The molecule has 0 aliphatic heterocycles. The van der Waals surface area contributed by atoms with Gasteiger partial charge in [-0.1, -0.05) is 35.9 Å². The summed E-state index contributed by atoms with van der Waals surface area (Å²) in [4.78, 5) is 22.9. The Morgan fingerprint density at radius 3 is 2.41 bits per heavy atom. The zero-order valence-corrected chi connectivity index (χ0v) is 12.4. The van der Waals surface area contributed by atoms with Gasteiger partial charge in [0.2, 0.25) is 0 Å². The number of carbonyl (C=O) groups excluding carboxylic acids is 2. The number of hydrogen-bond acceptors (Lipinski definition) is 4. The Labute approximate surface area is 132 Å². The largest absolute Gasteiger partial charge is 0.481 e. The summed E-state index contributed by atoms with van der Waals surface area (Å²) in [7, 11) is 0. The van der Waals surface area contributed by atoms with E-state index < -0.39 is 11.9 Å². The maximum Gasteiger partial charge on any atom is 0.344 e. The van der Waals surface area contributed by atoms with Gasteiger partial charge in [0.1, 0.15) is 12.4 Å². The number of esters is 1. The summed E-state index contributed by atoms with van der Waals surface area (Å²) in [5, 5.41) is 0.612. The Kier molecular flexibility index (Phi) is 5.38. The number of amides is 1. The van der Waals surface area contributed by atoms with Crippen molar-refractivity contribution in [1.29, 1.82) is 0 Å². The molecule has 6 heteroatoms. The van der Waals surface area contributed by atoms with Gasteiger partial charge in [0, 0.05) is 5.02 Å². The average molecular weight is 320 g/mol. The third-order valence-electron chi connectivity index (χ3n) is 2.81. The quantitative estimate of drug-likeness (QED) is 0.830. The van der Waals surface area contributed by atoms with Gasteiger partial charge in [-0.25, -0.2) is 4.79 Å². The van der Waals surface area contributed by atoms with Gasteiger partial charge in [0.05, 0.1) is 5.56 Å². The van der Waals surface area contributed by atoms with Crippen molar-refractivity contribution < 1.29 is 19.1 Å². The first-order valence-corrected chi connectivity index (χ1v) is 6.86. The van der Waals surface area contributed by atoms with Gasteiger partial charge < -0.3 is 15.2 Å².